The molecule has 1 fully saturated rings. The van der Waals surface area contributed by atoms with E-state index < -0.39 is 0 Å². The number of carbonyl (C=O) groups excluding carboxylic acids is 1. The van der Waals surface area contributed by atoms with Crippen molar-refractivity contribution < 1.29 is 9.53 Å². The van der Waals surface area contributed by atoms with Crippen LogP contribution in [0.2, 0.25) is 0 Å². The van der Waals surface area contributed by atoms with Crippen LogP contribution in [0.25, 0.3) is 0 Å². The van der Waals surface area contributed by atoms with E-state index in [1.807, 2.05) is 13.8 Å². The van der Waals surface area contributed by atoms with Gasteiger partial charge in [0.05, 0.1) is 12.5 Å². The number of hydrogen-bond donors (Lipinski definition) is 0. The lowest BCUT2D eigenvalue weighted by Gasteiger charge is -2.18. The van der Waals surface area contributed by atoms with Gasteiger partial charge in [0, 0.05) is 5.41 Å². The zero-order valence-corrected chi connectivity index (χ0v) is 8.45. The smallest absolute Gasteiger partial charge is 0.313 e. The van der Waals surface area contributed by atoms with Crippen LogP contribution in [0.3, 0.4) is 0 Å². The number of ether oxygens (including phenoxy) is 1. The van der Waals surface area contributed by atoms with Crippen molar-refractivity contribution in [1.82, 2.24) is 0 Å². The van der Waals surface area contributed by atoms with E-state index in [1.54, 1.807) is 0 Å². The average molecular weight is 209 g/mol. The summed E-state index contributed by atoms with van der Waals surface area (Å²) in [5.41, 5.74) is -0.202. The Bertz CT molecular complexity index is 229. The van der Waals surface area contributed by atoms with Gasteiger partial charge in [0.25, 0.3) is 0 Å². The van der Waals surface area contributed by atoms with E-state index in [2.05, 4.69) is 0 Å². The van der Waals surface area contributed by atoms with Crippen LogP contribution in [-0.2, 0) is 9.53 Å². The lowest BCUT2D eigenvalue weighted by molar-refractivity contribution is -0.140. The van der Waals surface area contributed by atoms with Crippen LogP contribution in [0.1, 0.15) is 13.8 Å². The van der Waals surface area contributed by atoms with E-state index in [9.17, 15) is 4.79 Å². The van der Waals surface area contributed by atoms with Gasteiger partial charge in [0.15, 0.2) is 0 Å². The van der Waals surface area contributed by atoms with Gasteiger partial charge in [0.2, 0.25) is 0 Å². The van der Waals surface area contributed by atoms with Gasteiger partial charge in [0.1, 0.15) is 4.49 Å². The number of halogens is 2. The van der Waals surface area contributed by atoms with Crippen LogP contribution in [0, 0.1) is 11.3 Å². The molecule has 1 atom stereocenters. The van der Waals surface area contributed by atoms with Crippen molar-refractivity contribution in [1.29, 1.82) is 0 Å². The summed E-state index contributed by atoms with van der Waals surface area (Å²) < 4.78 is 5.00. The highest BCUT2D eigenvalue weighted by Crippen LogP contribution is 2.36. The van der Waals surface area contributed by atoms with E-state index in [4.69, 9.17) is 27.9 Å². The van der Waals surface area contributed by atoms with Gasteiger partial charge in [-0.15, -0.1) is 0 Å². The third-order valence-corrected chi connectivity index (χ3v) is 2.23. The Labute approximate surface area is 81.5 Å². The van der Waals surface area contributed by atoms with E-state index >= 15 is 0 Å². The lowest BCUT2D eigenvalue weighted by Crippen LogP contribution is -2.22. The first kappa shape index (κ1) is 9.87. The molecular weight excluding hydrogens is 199 g/mol. The summed E-state index contributed by atoms with van der Waals surface area (Å²) >= 11 is 10.9. The minimum Gasteiger partial charge on any atom is -0.465 e. The molecule has 1 heterocycles. The molecule has 1 rings (SSSR count). The Morgan fingerprint density at radius 2 is 2.25 bits per heavy atom. The molecule has 0 aliphatic carbocycles. The third kappa shape index (κ3) is 1.93. The van der Waals surface area contributed by atoms with E-state index in [-0.39, 0.29) is 21.8 Å². The number of esters is 1. The highest BCUT2D eigenvalue weighted by molar-refractivity contribution is 6.55. The second-order valence-corrected chi connectivity index (χ2v) is 4.54. The zero-order valence-electron chi connectivity index (χ0n) is 6.93. The standard InChI is InChI=1S/C8H10Cl2O2/c1-8(2)4-12-7(11)5(8)3-6(9)10/h3,5H,4H2,1-2H3. The molecule has 2 nitrogen and oxygen atoms in total. The molecule has 1 aliphatic heterocycles. The molecule has 0 spiro atoms. The second-order valence-electron chi connectivity index (χ2n) is 3.53. The van der Waals surface area contributed by atoms with Gasteiger partial charge in [-0.05, 0) is 6.08 Å². The lowest BCUT2D eigenvalue weighted by atomic mass is 9.82. The Morgan fingerprint density at radius 1 is 1.67 bits per heavy atom. The minimum atomic E-state index is -0.317. The highest BCUT2D eigenvalue weighted by atomic mass is 35.5. The van der Waals surface area contributed by atoms with Gasteiger partial charge in [-0.2, -0.15) is 0 Å². The first-order chi connectivity index (χ1) is 5.43. The summed E-state index contributed by atoms with van der Waals surface area (Å²) in [6.45, 7) is 4.31. The fourth-order valence-electron chi connectivity index (χ4n) is 1.18. The molecule has 0 N–H and O–H groups in total. The first-order valence-corrected chi connectivity index (χ1v) is 4.38. The summed E-state index contributed by atoms with van der Waals surface area (Å²) in [4.78, 5) is 11.1. The maximum Gasteiger partial charge on any atom is 0.313 e. The predicted octanol–water partition coefficient (Wildman–Crippen LogP) is 2.50. The SMILES string of the molecule is CC1(C)COC(=O)C1C=C(Cl)Cl. The van der Waals surface area contributed by atoms with Crippen LogP contribution in [-0.4, -0.2) is 12.6 Å². The number of cyclic esters (lactones) is 1. The van der Waals surface area contributed by atoms with E-state index in [0.717, 1.165) is 0 Å². The topological polar surface area (TPSA) is 26.3 Å². The normalized spacial score (nSPS) is 26.7. The Morgan fingerprint density at radius 3 is 2.58 bits per heavy atom. The van der Waals surface area contributed by atoms with Gasteiger partial charge in [-0.3, -0.25) is 4.79 Å². The predicted molar refractivity (Wildman–Crippen MR) is 48.0 cm³/mol. The molecule has 0 radical (unpaired) electrons. The maximum atomic E-state index is 11.1. The van der Waals surface area contributed by atoms with Crippen molar-refractivity contribution in [2.45, 2.75) is 13.8 Å². The monoisotopic (exact) mass is 208 g/mol. The fourth-order valence-corrected chi connectivity index (χ4v) is 1.43. The van der Waals surface area contributed by atoms with Crippen LogP contribution in [0.5, 0.6) is 0 Å². The molecule has 1 unspecified atom stereocenters. The van der Waals surface area contributed by atoms with Gasteiger partial charge in [-0.1, -0.05) is 37.0 Å². The maximum absolute atomic E-state index is 11.1. The molecule has 1 saturated heterocycles. The molecule has 0 aromatic heterocycles. The molecular formula is C8H10Cl2O2. The molecule has 4 heteroatoms. The average Bonchev–Trinajstić information content (AvgIpc) is 2.15. The zero-order chi connectivity index (χ0) is 9.35. The summed E-state index contributed by atoms with van der Waals surface area (Å²) in [7, 11) is 0. The van der Waals surface area contributed by atoms with E-state index in [1.165, 1.54) is 6.08 Å². The van der Waals surface area contributed by atoms with Crippen molar-refractivity contribution in [2.24, 2.45) is 11.3 Å². The number of hydrogen-bond acceptors (Lipinski definition) is 2. The molecule has 0 aromatic carbocycles. The van der Waals surface area contributed by atoms with Crippen molar-refractivity contribution >= 4 is 29.2 Å². The van der Waals surface area contributed by atoms with Gasteiger partial charge >= 0.3 is 5.97 Å². The van der Waals surface area contributed by atoms with Crippen LogP contribution in [0.15, 0.2) is 10.6 Å². The molecule has 0 amide bonds. The highest BCUT2D eigenvalue weighted by Gasteiger charge is 2.42. The third-order valence-electron chi connectivity index (χ3n) is 1.97. The largest absolute Gasteiger partial charge is 0.465 e. The number of carbonyl (C=O) groups is 1. The Hall–Kier alpha value is -0.210. The van der Waals surface area contributed by atoms with Gasteiger partial charge in [-0.25, -0.2) is 0 Å². The first-order valence-electron chi connectivity index (χ1n) is 3.63. The quantitative estimate of drug-likeness (QED) is 0.620. The fraction of sp³-hybridized carbons (Fsp3) is 0.625. The van der Waals surface area contributed by atoms with Crippen molar-refractivity contribution in [3.8, 4) is 0 Å². The Balaban J connectivity index is 2.86. The molecule has 12 heavy (non-hydrogen) atoms. The summed E-state index contributed by atoms with van der Waals surface area (Å²) in [5, 5.41) is 0. The van der Waals surface area contributed by atoms with Crippen molar-refractivity contribution in [2.75, 3.05) is 6.61 Å². The molecule has 0 saturated carbocycles. The summed E-state index contributed by atoms with van der Waals surface area (Å²) in [6.07, 6.45) is 1.53. The number of rotatable bonds is 1. The van der Waals surface area contributed by atoms with Crippen molar-refractivity contribution in [3.05, 3.63) is 10.6 Å². The minimum absolute atomic E-state index is 0.118. The molecule has 1 aliphatic rings. The summed E-state index contributed by atoms with van der Waals surface area (Å²) in [5.74, 6) is -0.568. The second kappa shape index (κ2) is 3.27. The Kier molecular flexibility index (Phi) is 2.69. The van der Waals surface area contributed by atoms with Gasteiger partial charge < -0.3 is 4.74 Å². The molecule has 0 bridgehead atoms. The van der Waals surface area contributed by atoms with Crippen molar-refractivity contribution in [3.63, 3.8) is 0 Å². The van der Waals surface area contributed by atoms with E-state index in [0.29, 0.717) is 6.61 Å². The van der Waals surface area contributed by atoms with Crippen LogP contribution >= 0.6 is 23.2 Å². The summed E-state index contributed by atoms with van der Waals surface area (Å²) in [6, 6.07) is 0. The van der Waals surface area contributed by atoms with Crippen LogP contribution in [0.4, 0.5) is 0 Å². The molecule has 68 valence electrons. The van der Waals surface area contributed by atoms with Crippen LogP contribution < -0.4 is 0 Å². The molecule has 0 aromatic rings.